The summed E-state index contributed by atoms with van der Waals surface area (Å²) in [5, 5.41) is 15.3. The van der Waals surface area contributed by atoms with Crippen LogP contribution < -0.4 is 5.32 Å². The lowest BCUT2D eigenvalue weighted by atomic mass is 9.82. The summed E-state index contributed by atoms with van der Waals surface area (Å²) in [6.45, 7) is 0.139. The molecule has 4 rings (SSSR count). The Morgan fingerprint density at radius 3 is 2.46 bits per heavy atom. The van der Waals surface area contributed by atoms with Crippen molar-refractivity contribution < 1.29 is 40.8 Å². The highest BCUT2D eigenvalue weighted by molar-refractivity contribution is 5.94. The van der Waals surface area contributed by atoms with E-state index >= 15 is 0 Å². The maximum absolute atomic E-state index is 13.9. The number of halogens is 6. The van der Waals surface area contributed by atoms with E-state index < -0.39 is 46.4 Å². The van der Waals surface area contributed by atoms with Gasteiger partial charge in [0, 0.05) is 18.7 Å². The zero-order valence-corrected chi connectivity index (χ0v) is 17.9. The number of phenols is 1. The van der Waals surface area contributed by atoms with Crippen LogP contribution in [0, 0.1) is 23.4 Å². The number of phenolic OH excluding ortho intramolecular Hbond substituents is 1. The van der Waals surface area contributed by atoms with Gasteiger partial charge < -0.3 is 14.9 Å². The average Bonchev–Trinajstić information content (AvgIpc) is 3.34. The molecule has 2 heterocycles. The second-order valence-electron chi connectivity index (χ2n) is 8.20. The molecule has 1 amide bonds. The van der Waals surface area contributed by atoms with Crippen LogP contribution in [0.1, 0.15) is 53.4 Å². The number of carbonyl (C=O) groups is 1. The molecule has 186 valence electrons. The molecule has 0 bridgehead atoms. The molecule has 0 aliphatic heterocycles. The van der Waals surface area contributed by atoms with Crippen molar-refractivity contribution in [2.75, 3.05) is 6.54 Å². The Morgan fingerprint density at radius 2 is 1.83 bits per heavy atom. The standard InChI is InChI=1S/C22H18F6N4O3/c23-14-7-13(16(24)17(25)18(14)33)20(34)30-8-10-1-3-11(4-2-10)21-31-19(32-35-21)15-6-5-12(9-29-15)22(26,27)28/h5-7,9-11,33H,1-4,8H2,(H,30,34). The molecule has 2 N–H and O–H groups in total. The van der Waals surface area contributed by atoms with E-state index in [4.69, 9.17) is 9.63 Å². The lowest BCUT2D eigenvalue weighted by Gasteiger charge is -2.26. The molecular weight excluding hydrogens is 482 g/mol. The van der Waals surface area contributed by atoms with Crippen LogP contribution in [0.25, 0.3) is 11.5 Å². The van der Waals surface area contributed by atoms with Crippen molar-refractivity contribution in [3.8, 4) is 17.3 Å². The molecular formula is C22H18F6N4O3. The highest BCUT2D eigenvalue weighted by Crippen LogP contribution is 2.36. The molecule has 7 nitrogen and oxygen atoms in total. The van der Waals surface area contributed by atoms with Crippen molar-refractivity contribution in [3.63, 3.8) is 0 Å². The first-order valence-corrected chi connectivity index (χ1v) is 10.6. The molecule has 0 spiro atoms. The van der Waals surface area contributed by atoms with Gasteiger partial charge in [-0.25, -0.2) is 8.78 Å². The van der Waals surface area contributed by atoms with Crippen LogP contribution in [-0.2, 0) is 6.18 Å². The van der Waals surface area contributed by atoms with Crippen LogP contribution in [-0.4, -0.2) is 32.7 Å². The predicted octanol–water partition coefficient (Wildman–Crippen LogP) is 4.98. The van der Waals surface area contributed by atoms with Gasteiger partial charge in [0.25, 0.3) is 5.91 Å². The summed E-state index contributed by atoms with van der Waals surface area (Å²) in [7, 11) is 0. The summed E-state index contributed by atoms with van der Waals surface area (Å²) < 4.78 is 84.1. The van der Waals surface area contributed by atoms with Crippen LogP contribution in [0.5, 0.6) is 5.75 Å². The lowest BCUT2D eigenvalue weighted by molar-refractivity contribution is -0.137. The van der Waals surface area contributed by atoms with E-state index in [0.717, 1.165) is 12.1 Å². The van der Waals surface area contributed by atoms with Gasteiger partial charge >= 0.3 is 6.18 Å². The molecule has 1 fully saturated rings. The molecule has 0 atom stereocenters. The fourth-order valence-corrected chi connectivity index (χ4v) is 3.90. The van der Waals surface area contributed by atoms with Crippen LogP contribution in [0.3, 0.4) is 0 Å². The van der Waals surface area contributed by atoms with E-state index in [-0.39, 0.29) is 29.9 Å². The van der Waals surface area contributed by atoms with Gasteiger partial charge in [0.15, 0.2) is 17.4 Å². The third-order valence-electron chi connectivity index (χ3n) is 5.89. The van der Waals surface area contributed by atoms with Gasteiger partial charge in [-0.05, 0) is 49.8 Å². The van der Waals surface area contributed by atoms with Gasteiger partial charge in [-0.3, -0.25) is 9.78 Å². The van der Waals surface area contributed by atoms with Crippen LogP contribution >= 0.6 is 0 Å². The largest absolute Gasteiger partial charge is 0.503 e. The Bertz CT molecular complexity index is 1220. The number of hydrogen-bond donors (Lipinski definition) is 2. The normalized spacial score (nSPS) is 18.5. The van der Waals surface area contributed by atoms with Crippen molar-refractivity contribution in [1.82, 2.24) is 20.4 Å². The number of alkyl halides is 3. The SMILES string of the molecule is O=C(NCC1CCC(c2nc(-c3ccc(C(F)(F)F)cn3)no2)CC1)c1cc(F)c(O)c(F)c1F. The summed E-state index contributed by atoms with van der Waals surface area (Å²) in [4.78, 5) is 20.1. The number of carbonyl (C=O) groups excluding carboxylic acids is 1. The van der Waals surface area contributed by atoms with E-state index in [1.165, 1.54) is 0 Å². The number of pyridine rings is 1. The molecule has 0 saturated heterocycles. The average molecular weight is 500 g/mol. The number of rotatable bonds is 5. The highest BCUT2D eigenvalue weighted by Gasteiger charge is 2.31. The van der Waals surface area contributed by atoms with Crippen LogP contribution in [0.15, 0.2) is 28.9 Å². The maximum atomic E-state index is 13.9. The van der Waals surface area contributed by atoms with Crippen molar-refractivity contribution in [2.45, 2.75) is 37.8 Å². The molecule has 1 saturated carbocycles. The number of aromatic nitrogens is 3. The quantitative estimate of drug-likeness (QED) is 0.379. The van der Waals surface area contributed by atoms with Gasteiger partial charge in [-0.15, -0.1) is 0 Å². The van der Waals surface area contributed by atoms with E-state index in [1.54, 1.807) is 0 Å². The number of aromatic hydroxyl groups is 1. The molecule has 0 unspecified atom stereocenters. The third kappa shape index (κ3) is 5.23. The summed E-state index contributed by atoms with van der Waals surface area (Å²) >= 11 is 0. The minimum atomic E-state index is -4.50. The topological polar surface area (TPSA) is 101 Å². The first-order valence-electron chi connectivity index (χ1n) is 10.6. The number of hydrogen-bond acceptors (Lipinski definition) is 6. The first-order chi connectivity index (χ1) is 16.5. The molecule has 3 aromatic rings. The van der Waals surface area contributed by atoms with Crippen molar-refractivity contribution in [3.05, 3.63) is 58.9 Å². The Balaban J connectivity index is 1.31. The molecule has 1 aliphatic carbocycles. The van der Waals surface area contributed by atoms with Crippen molar-refractivity contribution in [2.24, 2.45) is 5.92 Å². The Labute approximate surface area is 194 Å². The van der Waals surface area contributed by atoms with E-state index in [2.05, 4.69) is 20.4 Å². The molecule has 13 heteroatoms. The molecule has 0 radical (unpaired) electrons. The number of nitrogens with zero attached hydrogens (tertiary/aromatic N) is 3. The smallest absolute Gasteiger partial charge is 0.417 e. The summed E-state index contributed by atoms with van der Waals surface area (Å²) in [6.07, 6.45) is -1.34. The second kappa shape index (κ2) is 9.55. The van der Waals surface area contributed by atoms with Crippen molar-refractivity contribution in [1.29, 1.82) is 0 Å². The third-order valence-corrected chi connectivity index (χ3v) is 5.89. The Morgan fingerprint density at radius 1 is 1.11 bits per heavy atom. The van der Waals surface area contributed by atoms with E-state index in [0.29, 0.717) is 43.8 Å². The fourth-order valence-electron chi connectivity index (χ4n) is 3.90. The van der Waals surface area contributed by atoms with Crippen molar-refractivity contribution >= 4 is 5.91 Å². The predicted molar refractivity (Wildman–Crippen MR) is 108 cm³/mol. The van der Waals surface area contributed by atoms with Gasteiger partial charge in [-0.1, -0.05) is 5.16 Å². The minimum Gasteiger partial charge on any atom is -0.503 e. The lowest BCUT2D eigenvalue weighted by Crippen LogP contribution is -2.32. The molecule has 1 aromatic carbocycles. The van der Waals surface area contributed by atoms with E-state index in [1.807, 2.05) is 0 Å². The molecule has 2 aromatic heterocycles. The number of amides is 1. The summed E-state index contributed by atoms with van der Waals surface area (Å²) in [6, 6.07) is 2.47. The van der Waals surface area contributed by atoms with E-state index in [9.17, 15) is 31.1 Å². The maximum Gasteiger partial charge on any atom is 0.417 e. The highest BCUT2D eigenvalue weighted by atomic mass is 19.4. The summed E-state index contributed by atoms with van der Waals surface area (Å²) in [5.41, 5.74) is -1.60. The minimum absolute atomic E-state index is 0.00374. The van der Waals surface area contributed by atoms with Gasteiger partial charge in [0.05, 0.1) is 11.1 Å². The number of benzene rings is 1. The zero-order valence-electron chi connectivity index (χ0n) is 17.9. The molecule has 1 aliphatic rings. The fraction of sp³-hybridized carbons (Fsp3) is 0.364. The summed E-state index contributed by atoms with van der Waals surface area (Å²) in [5.74, 6) is -7.12. The van der Waals surface area contributed by atoms with Gasteiger partial charge in [0.2, 0.25) is 17.5 Å². The van der Waals surface area contributed by atoms with Crippen LogP contribution in [0.4, 0.5) is 26.3 Å². The molecule has 35 heavy (non-hydrogen) atoms. The second-order valence-corrected chi connectivity index (χ2v) is 8.20. The zero-order chi connectivity index (χ0) is 25.3. The van der Waals surface area contributed by atoms with Crippen LogP contribution in [0.2, 0.25) is 0 Å². The Hall–Kier alpha value is -3.64. The Kier molecular flexibility index (Phi) is 6.68. The van der Waals surface area contributed by atoms with Gasteiger partial charge in [-0.2, -0.15) is 22.5 Å². The van der Waals surface area contributed by atoms with Gasteiger partial charge in [0.1, 0.15) is 5.69 Å². The monoisotopic (exact) mass is 500 g/mol. The number of nitrogens with one attached hydrogen (secondary N) is 1. The first kappa shape index (κ1) is 24.5.